The predicted octanol–water partition coefficient (Wildman–Crippen LogP) is -1.84. The Bertz CT molecular complexity index is 946. The summed E-state index contributed by atoms with van der Waals surface area (Å²) in [5, 5.41) is 25.1. The fourth-order valence-corrected chi connectivity index (χ4v) is 3.28. The van der Waals surface area contributed by atoms with Crippen LogP contribution in [0.15, 0.2) is 30.3 Å². The average Bonchev–Trinajstić information content (AvgIpc) is 2.82. The third-order valence-corrected chi connectivity index (χ3v) is 5.40. The van der Waals surface area contributed by atoms with E-state index in [9.17, 15) is 33.9 Å². The standard InChI is InChI=1S/C22H31N5O8S/c23-13(6-9-18(29)30)19(31)25-14(7-8-17(24)28)20(32)26-15(10-12-4-2-1-3-5-12)21(33)27-16(11-36)22(34)35/h1-5,13-16,36H,6-11,23H2,(H2,24,28)(H,25,31)(H,26,32)(H,27,33)(H,29,30)(H,34,35). The van der Waals surface area contributed by atoms with E-state index in [0.29, 0.717) is 5.56 Å². The lowest BCUT2D eigenvalue weighted by Gasteiger charge is -2.25. The smallest absolute Gasteiger partial charge is 0.327 e. The maximum Gasteiger partial charge on any atom is 0.327 e. The third kappa shape index (κ3) is 11.2. The van der Waals surface area contributed by atoms with E-state index in [1.165, 1.54) is 0 Å². The SMILES string of the molecule is NC(=O)CCC(NC(=O)C(N)CCC(=O)O)C(=O)NC(Cc1ccccc1)C(=O)NC(CS)C(=O)O. The van der Waals surface area contributed by atoms with Crippen molar-refractivity contribution in [1.82, 2.24) is 16.0 Å². The Morgan fingerprint density at radius 2 is 1.36 bits per heavy atom. The second-order valence-electron chi connectivity index (χ2n) is 7.94. The van der Waals surface area contributed by atoms with E-state index in [2.05, 4.69) is 28.6 Å². The quantitative estimate of drug-likeness (QED) is 0.113. The number of carboxylic acids is 2. The van der Waals surface area contributed by atoms with Gasteiger partial charge in [0.25, 0.3) is 0 Å². The Hall–Kier alpha value is -3.65. The van der Waals surface area contributed by atoms with Crippen LogP contribution in [0.1, 0.15) is 31.2 Å². The van der Waals surface area contributed by atoms with Crippen LogP contribution in [0, 0.1) is 0 Å². The van der Waals surface area contributed by atoms with Gasteiger partial charge in [0.15, 0.2) is 0 Å². The Labute approximate surface area is 212 Å². The minimum absolute atomic E-state index is 0.00800. The molecule has 14 heteroatoms. The van der Waals surface area contributed by atoms with Crippen molar-refractivity contribution in [2.24, 2.45) is 11.5 Å². The van der Waals surface area contributed by atoms with Crippen molar-refractivity contribution >= 4 is 48.2 Å². The van der Waals surface area contributed by atoms with Crippen LogP contribution < -0.4 is 27.4 Å². The van der Waals surface area contributed by atoms with Crippen molar-refractivity contribution in [2.45, 2.75) is 56.3 Å². The molecule has 0 heterocycles. The molecule has 13 nitrogen and oxygen atoms in total. The minimum Gasteiger partial charge on any atom is -0.481 e. The minimum atomic E-state index is -1.33. The number of carboxylic acid groups (broad SMARTS) is 2. The number of primary amides is 1. The molecule has 0 saturated heterocycles. The summed E-state index contributed by atoms with van der Waals surface area (Å²) in [6, 6.07) is 3.47. The van der Waals surface area contributed by atoms with Crippen LogP contribution in [-0.4, -0.2) is 75.7 Å². The highest BCUT2D eigenvalue weighted by atomic mass is 32.1. The first-order chi connectivity index (χ1) is 16.9. The highest BCUT2D eigenvalue weighted by molar-refractivity contribution is 7.80. The molecule has 198 valence electrons. The number of hydrogen-bond donors (Lipinski definition) is 8. The molecule has 0 fully saturated rings. The molecular formula is C22H31N5O8S. The van der Waals surface area contributed by atoms with Crippen molar-refractivity contribution < 1.29 is 39.0 Å². The van der Waals surface area contributed by atoms with Crippen LogP contribution in [0.5, 0.6) is 0 Å². The Morgan fingerprint density at radius 3 is 1.89 bits per heavy atom. The van der Waals surface area contributed by atoms with Gasteiger partial charge in [0.2, 0.25) is 23.6 Å². The maximum atomic E-state index is 13.0. The first kappa shape index (κ1) is 30.4. The van der Waals surface area contributed by atoms with E-state index >= 15 is 0 Å². The summed E-state index contributed by atoms with van der Waals surface area (Å²) < 4.78 is 0. The van der Waals surface area contributed by atoms with Crippen molar-refractivity contribution in [3.05, 3.63) is 35.9 Å². The summed E-state index contributed by atoms with van der Waals surface area (Å²) in [6.45, 7) is 0. The fraction of sp³-hybridized carbons (Fsp3) is 0.455. The molecule has 0 aliphatic heterocycles. The monoisotopic (exact) mass is 525 g/mol. The molecule has 4 unspecified atom stereocenters. The normalized spacial score (nSPS) is 13.9. The number of rotatable bonds is 16. The third-order valence-electron chi connectivity index (χ3n) is 5.03. The summed E-state index contributed by atoms with van der Waals surface area (Å²) in [7, 11) is 0. The number of nitrogens with two attached hydrogens (primary N) is 2. The van der Waals surface area contributed by atoms with Gasteiger partial charge in [-0.2, -0.15) is 12.6 Å². The van der Waals surface area contributed by atoms with Crippen molar-refractivity contribution in [3.8, 4) is 0 Å². The van der Waals surface area contributed by atoms with E-state index < -0.39 is 59.7 Å². The van der Waals surface area contributed by atoms with E-state index in [4.69, 9.17) is 16.6 Å². The molecule has 0 radical (unpaired) electrons. The van der Waals surface area contributed by atoms with Gasteiger partial charge in [-0.25, -0.2) is 4.79 Å². The molecule has 0 aliphatic carbocycles. The first-order valence-electron chi connectivity index (χ1n) is 11.0. The highest BCUT2D eigenvalue weighted by Gasteiger charge is 2.30. The number of thiol groups is 1. The van der Waals surface area contributed by atoms with E-state index in [1.54, 1.807) is 30.3 Å². The van der Waals surface area contributed by atoms with Gasteiger partial charge in [-0.3, -0.25) is 24.0 Å². The number of carbonyl (C=O) groups excluding carboxylic acids is 4. The second kappa shape index (κ2) is 15.4. The Balaban J connectivity index is 3.08. The van der Waals surface area contributed by atoms with E-state index in [0.717, 1.165) is 0 Å². The maximum absolute atomic E-state index is 13.0. The molecule has 0 aromatic heterocycles. The number of hydrogen-bond acceptors (Lipinski definition) is 8. The lowest BCUT2D eigenvalue weighted by molar-refractivity contribution is -0.141. The zero-order valence-electron chi connectivity index (χ0n) is 19.4. The lowest BCUT2D eigenvalue weighted by atomic mass is 10.0. The van der Waals surface area contributed by atoms with Gasteiger partial charge in [0.05, 0.1) is 6.04 Å². The molecule has 0 aliphatic rings. The summed E-state index contributed by atoms with van der Waals surface area (Å²) in [5.74, 6) is -5.88. The molecule has 0 saturated carbocycles. The average molecular weight is 526 g/mol. The zero-order chi connectivity index (χ0) is 27.3. The van der Waals surface area contributed by atoms with Gasteiger partial charge in [0.1, 0.15) is 18.1 Å². The van der Waals surface area contributed by atoms with E-state index in [1.807, 2.05) is 0 Å². The number of carbonyl (C=O) groups is 6. The lowest BCUT2D eigenvalue weighted by Crippen LogP contribution is -2.58. The Morgan fingerprint density at radius 1 is 0.806 bits per heavy atom. The summed E-state index contributed by atoms with van der Waals surface area (Å²) >= 11 is 3.91. The molecule has 0 spiro atoms. The van der Waals surface area contributed by atoms with Gasteiger partial charge in [-0.05, 0) is 18.4 Å². The molecule has 9 N–H and O–H groups in total. The van der Waals surface area contributed by atoms with Crippen LogP contribution in [0.3, 0.4) is 0 Å². The summed E-state index contributed by atoms with van der Waals surface area (Å²) in [5.41, 5.74) is 11.5. The molecule has 1 rings (SSSR count). The zero-order valence-corrected chi connectivity index (χ0v) is 20.3. The van der Waals surface area contributed by atoms with Gasteiger partial charge >= 0.3 is 11.9 Å². The summed E-state index contributed by atoms with van der Waals surface area (Å²) in [4.78, 5) is 71.6. The summed E-state index contributed by atoms with van der Waals surface area (Å²) in [6.07, 6.45) is -1.07. The van der Waals surface area contributed by atoms with Gasteiger partial charge in [-0.15, -0.1) is 0 Å². The molecular weight excluding hydrogens is 494 g/mol. The molecule has 0 bridgehead atoms. The number of aliphatic carboxylic acids is 2. The number of benzene rings is 1. The number of nitrogens with one attached hydrogen (secondary N) is 3. The Kier molecular flexibility index (Phi) is 13.0. The van der Waals surface area contributed by atoms with Crippen LogP contribution in [0.25, 0.3) is 0 Å². The molecule has 36 heavy (non-hydrogen) atoms. The van der Waals surface area contributed by atoms with E-state index in [-0.39, 0.29) is 37.9 Å². The molecule has 4 atom stereocenters. The van der Waals surface area contributed by atoms with Gasteiger partial charge in [-0.1, -0.05) is 30.3 Å². The molecule has 1 aromatic rings. The fourth-order valence-electron chi connectivity index (χ4n) is 3.03. The van der Waals surface area contributed by atoms with Crippen molar-refractivity contribution in [3.63, 3.8) is 0 Å². The largest absolute Gasteiger partial charge is 0.481 e. The highest BCUT2D eigenvalue weighted by Crippen LogP contribution is 2.07. The van der Waals surface area contributed by atoms with Crippen LogP contribution in [0.2, 0.25) is 0 Å². The first-order valence-corrected chi connectivity index (χ1v) is 11.6. The molecule has 1 aromatic carbocycles. The van der Waals surface area contributed by atoms with Gasteiger partial charge in [0, 0.05) is 25.0 Å². The van der Waals surface area contributed by atoms with Crippen LogP contribution >= 0.6 is 12.6 Å². The second-order valence-corrected chi connectivity index (χ2v) is 8.30. The van der Waals surface area contributed by atoms with Crippen molar-refractivity contribution in [1.29, 1.82) is 0 Å². The molecule has 4 amide bonds. The van der Waals surface area contributed by atoms with Crippen molar-refractivity contribution in [2.75, 3.05) is 5.75 Å². The van der Waals surface area contributed by atoms with Crippen LogP contribution in [-0.2, 0) is 35.2 Å². The van der Waals surface area contributed by atoms with Gasteiger partial charge < -0.3 is 37.6 Å². The topological polar surface area (TPSA) is 231 Å². The van der Waals surface area contributed by atoms with Crippen LogP contribution in [0.4, 0.5) is 0 Å². The number of amides is 4. The predicted molar refractivity (Wildman–Crippen MR) is 131 cm³/mol.